The highest BCUT2D eigenvalue weighted by Crippen LogP contribution is 2.40. The maximum atomic E-state index is 13.3. The van der Waals surface area contributed by atoms with Gasteiger partial charge in [0.15, 0.2) is 22.3 Å². The van der Waals surface area contributed by atoms with Crippen LogP contribution in [0.1, 0.15) is 40.3 Å². The number of aromatic hydroxyl groups is 2. The molecule has 1 aromatic carbocycles. The lowest BCUT2D eigenvalue weighted by Crippen LogP contribution is -2.71. The molecule has 50 heavy (non-hydrogen) atoms. The Hall–Kier alpha value is -6.16. The number of nitrogens with one attached hydrogen (secondary N) is 3. The van der Waals surface area contributed by atoms with Crippen LogP contribution in [0.25, 0.3) is 10.9 Å². The minimum atomic E-state index is -1.85. The van der Waals surface area contributed by atoms with Gasteiger partial charge in [-0.1, -0.05) is 5.16 Å². The molecular formula is C28H25N7O13S2. The van der Waals surface area contributed by atoms with Gasteiger partial charge in [0.1, 0.15) is 33.9 Å². The summed E-state index contributed by atoms with van der Waals surface area (Å²) in [4.78, 5) is 101. The molecule has 0 aliphatic carbocycles. The number of hydrogen-bond donors (Lipinski definition) is 9. The third kappa shape index (κ3) is 6.23. The minimum absolute atomic E-state index is 0.0532. The molecule has 1 unspecified atom stereocenters. The van der Waals surface area contributed by atoms with Crippen LogP contribution in [-0.2, 0) is 24.0 Å². The number of phenolic OH excluding ortho intramolecular Hbond substituents is 1. The third-order valence-electron chi connectivity index (χ3n) is 7.44. The number of thioether (sulfide) groups is 1. The number of carbonyl (C=O) groups is 6. The molecule has 0 radical (unpaired) electrons. The summed E-state index contributed by atoms with van der Waals surface area (Å²) in [6.07, 6.45) is 0.942. The number of nitrogen functional groups attached to an aromatic ring is 1. The fraction of sp³-hybridized carbons (Fsp3) is 0.250. The van der Waals surface area contributed by atoms with Gasteiger partial charge in [-0.2, -0.15) is 0 Å². The number of aliphatic carboxylic acids is 2. The molecule has 3 aromatic rings. The van der Waals surface area contributed by atoms with Crippen LogP contribution in [0.15, 0.2) is 38.9 Å². The van der Waals surface area contributed by atoms with E-state index in [1.165, 1.54) is 19.2 Å². The first-order valence-electron chi connectivity index (χ1n) is 14.0. The Kier molecular flexibility index (Phi) is 9.17. The minimum Gasteiger partial charge on any atom is -0.504 e. The number of H-pyrrole nitrogens is 1. The Morgan fingerprint density at radius 1 is 1.16 bits per heavy atom. The van der Waals surface area contributed by atoms with Crippen molar-refractivity contribution in [3.8, 4) is 11.5 Å². The number of rotatable bonds is 11. The number of phenols is 2. The molecule has 22 heteroatoms. The van der Waals surface area contributed by atoms with E-state index in [1.54, 1.807) is 0 Å². The number of oxime groups is 1. The monoisotopic (exact) mass is 731 g/mol. The van der Waals surface area contributed by atoms with E-state index in [4.69, 9.17) is 10.6 Å². The maximum Gasteiger partial charge on any atom is 0.352 e. The number of amides is 3. The molecule has 1 fully saturated rings. The molecule has 10 N–H and O–H groups in total. The number of carboxylic acid groups (broad SMARTS) is 3. The summed E-state index contributed by atoms with van der Waals surface area (Å²) in [6.45, 7) is 1.90. The number of aromatic nitrogens is 2. The molecule has 0 saturated carbocycles. The number of thiazole rings is 1. The Morgan fingerprint density at radius 3 is 2.46 bits per heavy atom. The van der Waals surface area contributed by atoms with Gasteiger partial charge in [0.2, 0.25) is 11.0 Å². The molecule has 4 heterocycles. The van der Waals surface area contributed by atoms with Gasteiger partial charge < -0.3 is 51.7 Å². The van der Waals surface area contributed by atoms with Gasteiger partial charge in [0, 0.05) is 29.9 Å². The number of benzene rings is 1. The van der Waals surface area contributed by atoms with Crippen LogP contribution in [0.3, 0.4) is 0 Å². The summed E-state index contributed by atoms with van der Waals surface area (Å²) in [5, 5.41) is 57.1. The summed E-state index contributed by atoms with van der Waals surface area (Å²) in [6, 6.07) is -0.363. The van der Waals surface area contributed by atoms with Crippen molar-refractivity contribution in [2.24, 2.45) is 5.16 Å². The molecule has 262 valence electrons. The van der Waals surface area contributed by atoms with E-state index in [0.717, 1.165) is 40.3 Å². The topological polar surface area (TPSA) is 324 Å². The molecule has 2 aromatic heterocycles. The molecule has 20 nitrogen and oxygen atoms in total. The van der Waals surface area contributed by atoms with E-state index < -0.39 is 104 Å². The average Bonchev–Trinajstić information content (AvgIpc) is 3.48. The Bertz CT molecular complexity index is 2140. The van der Waals surface area contributed by atoms with Crippen molar-refractivity contribution < 1.29 is 59.1 Å². The van der Waals surface area contributed by atoms with E-state index >= 15 is 0 Å². The predicted molar refractivity (Wildman–Crippen MR) is 173 cm³/mol. The second kappa shape index (κ2) is 13.0. The number of β-lactam (4-membered cyclic amide) rings is 1. The number of fused-ring (bicyclic) bond motifs is 2. The van der Waals surface area contributed by atoms with Gasteiger partial charge >= 0.3 is 17.9 Å². The zero-order chi connectivity index (χ0) is 36.8. The lowest BCUT2D eigenvalue weighted by atomic mass is 10.0. The molecule has 5 rings (SSSR count). The normalized spacial score (nSPS) is 17.5. The molecule has 1 saturated heterocycles. The van der Waals surface area contributed by atoms with E-state index in [0.29, 0.717) is 0 Å². The number of hydrogen-bond acceptors (Lipinski definition) is 15. The van der Waals surface area contributed by atoms with Crippen LogP contribution in [-0.4, -0.2) is 111 Å². The van der Waals surface area contributed by atoms with Crippen LogP contribution in [0.4, 0.5) is 5.13 Å². The Labute approximate surface area is 286 Å². The van der Waals surface area contributed by atoms with E-state index in [-0.39, 0.29) is 27.7 Å². The summed E-state index contributed by atoms with van der Waals surface area (Å²) in [7, 11) is 0. The number of anilines is 1. The van der Waals surface area contributed by atoms with Crippen molar-refractivity contribution in [1.29, 1.82) is 0 Å². The van der Waals surface area contributed by atoms with Gasteiger partial charge in [-0.25, -0.2) is 19.4 Å². The first-order chi connectivity index (χ1) is 23.4. The van der Waals surface area contributed by atoms with Crippen LogP contribution >= 0.6 is 23.1 Å². The molecular weight excluding hydrogens is 706 g/mol. The summed E-state index contributed by atoms with van der Waals surface area (Å²) >= 11 is 1.99. The van der Waals surface area contributed by atoms with Crippen molar-refractivity contribution in [2.45, 2.75) is 30.9 Å². The second-order valence-electron chi connectivity index (χ2n) is 11.1. The predicted octanol–water partition coefficient (Wildman–Crippen LogP) is -0.571. The number of carboxylic acids is 3. The summed E-state index contributed by atoms with van der Waals surface area (Å²) in [5.74, 6) is -9.53. The van der Waals surface area contributed by atoms with Gasteiger partial charge in [-0.15, -0.1) is 23.1 Å². The number of aromatic carboxylic acids is 1. The summed E-state index contributed by atoms with van der Waals surface area (Å²) < 4.78 is 0. The average molecular weight is 732 g/mol. The number of nitrogens with zero attached hydrogens (tertiary/aromatic N) is 3. The quantitative estimate of drug-likeness (QED) is 0.0516. The van der Waals surface area contributed by atoms with Crippen LogP contribution < -0.4 is 21.8 Å². The zero-order valence-corrected chi connectivity index (χ0v) is 27.2. The van der Waals surface area contributed by atoms with Gasteiger partial charge in [0.05, 0.1) is 10.9 Å². The second-order valence-corrected chi connectivity index (χ2v) is 13.1. The SMILES string of the molecule is CC(C)(O/N=C(\C(=O)NC1C(=O)N2C(C(=O)O)=C(CNC(=O)c3c[nH]c4cc(O)c(O)c(C(=O)O)c4c3=O)CS[C@H]12)c1csc(N)n1)C(=O)O. The third-order valence-corrected chi connectivity index (χ3v) is 9.45. The fourth-order valence-corrected chi connectivity index (χ4v) is 6.74. The van der Waals surface area contributed by atoms with Gasteiger partial charge in [0.25, 0.3) is 17.7 Å². The van der Waals surface area contributed by atoms with Crippen molar-refractivity contribution in [3.05, 3.63) is 56.0 Å². The van der Waals surface area contributed by atoms with Crippen molar-refractivity contribution in [3.63, 3.8) is 0 Å². The summed E-state index contributed by atoms with van der Waals surface area (Å²) in [5.41, 5.74) is -0.0159. The van der Waals surface area contributed by atoms with Crippen LogP contribution in [0.2, 0.25) is 0 Å². The highest BCUT2D eigenvalue weighted by molar-refractivity contribution is 8.00. The van der Waals surface area contributed by atoms with Crippen LogP contribution in [0, 0.1) is 0 Å². The number of aromatic amines is 1. The first-order valence-corrected chi connectivity index (χ1v) is 15.9. The molecule has 2 atom stereocenters. The lowest BCUT2D eigenvalue weighted by molar-refractivity contribution is -0.161. The van der Waals surface area contributed by atoms with Gasteiger partial charge in [-0.05, 0) is 19.4 Å². The number of pyridine rings is 1. The Morgan fingerprint density at radius 2 is 1.86 bits per heavy atom. The number of carbonyl (C=O) groups excluding carboxylic acids is 3. The van der Waals surface area contributed by atoms with Gasteiger partial charge in [-0.3, -0.25) is 24.1 Å². The van der Waals surface area contributed by atoms with Crippen LogP contribution in [0.5, 0.6) is 11.5 Å². The standard InChI is InChI=1S/C28H25N7O13S2/c1-28(2,26(46)47)48-34-15(11-7-50-27(29)32-11)21(40)33-16-22(41)35-17(25(44)45)8(6-49-23(16)35)4-31-20(39)9-5-30-10-3-12(36)19(38)14(24(42)43)13(10)18(9)37/h3,5,7,16,23,36,38H,4,6H2,1-2H3,(H2,29,32)(H,30,37)(H,31,39)(H,33,40)(H,42,43)(H,44,45)(H,46,47)/b34-15-/t16?,23-/m1/s1. The smallest absolute Gasteiger partial charge is 0.352 e. The van der Waals surface area contributed by atoms with Crippen molar-refractivity contribution >= 4 is 80.5 Å². The first kappa shape index (κ1) is 35.2. The zero-order valence-electron chi connectivity index (χ0n) is 25.5. The fourth-order valence-electron chi connectivity index (χ4n) is 4.85. The highest BCUT2D eigenvalue weighted by atomic mass is 32.2. The molecule has 0 spiro atoms. The molecule has 0 bridgehead atoms. The lowest BCUT2D eigenvalue weighted by Gasteiger charge is -2.49. The van der Waals surface area contributed by atoms with Crippen molar-refractivity contribution in [1.82, 2.24) is 25.5 Å². The van der Waals surface area contributed by atoms with E-state index in [9.17, 15) is 59.1 Å². The Balaban J connectivity index is 1.35. The van der Waals surface area contributed by atoms with E-state index in [2.05, 4.69) is 25.8 Å². The maximum absolute atomic E-state index is 13.3. The molecule has 3 amide bonds. The van der Waals surface area contributed by atoms with Crippen molar-refractivity contribution in [2.75, 3.05) is 18.0 Å². The number of nitrogens with two attached hydrogens (primary N) is 1. The molecule has 2 aliphatic rings. The highest BCUT2D eigenvalue weighted by Gasteiger charge is 2.54. The van der Waals surface area contributed by atoms with E-state index in [1.807, 2.05) is 0 Å². The molecule has 2 aliphatic heterocycles. The largest absolute Gasteiger partial charge is 0.504 e.